The van der Waals surface area contributed by atoms with Crippen molar-refractivity contribution in [2.75, 3.05) is 13.1 Å². The molecule has 0 spiro atoms. The molecular formula is C13H12F3N3O2S. The maximum Gasteiger partial charge on any atom is 0.397 e. The normalized spacial score (nSPS) is 18.9. The lowest BCUT2D eigenvalue weighted by atomic mass is 10.1. The Morgan fingerprint density at radius 3 is 3.00 bits per heavy atom. The predicted molar refractivity (Wildman–Crippen MR) is 72.2 cm³/mol. The van der Waals surface area contributed by atoms with E-state index in [-0.39, 0.29) is 19.0 Å². The summed E-state index contributed by atoms with van der Waals surface area (Å²) in [4.78, 5) is 17.1. The molecule has 1 aliphatic heterocycles. The van der Waals surface area contributed by atoms with Gasteiger partial charge in [-0.2, -0.15) is 29.5 Å². The van der Waals surface area contributed by atoms with Crippen molar-refractivity contribution < 1.29 is 22.5 Å². The highest BCUT2D eigenvalue weighted by Crippen LogP contribution is 2.29. The molecule has 0 N–H and O–H groups in total. The summed E-state index contributed by atoms with van der Waals surface area (Å²) in [6.07, 6.45) is -5.37. The van der Waals surface area contributed by atoms with Crippen LogP contribution in [0.15, 0.2) is 21.3 Å². The van der Waals surface area contributed by atoms with Crippen molar-refractivity contribution in [1.82, 2.24) is 15.0 Å². The first-order valence-electron chi connectivity index (χ1n) is 6.63. The first kappa shape index (κ1) is 15.0. The van der Waals surface area contributed by atoms with E-state index in [9.17, 15) is 18.0 Å². The molecule has 5 nitrogen and oxygen atoms in total. The van der Waals surface area contributed by atoms with Gasteiger partial charge in [0.2, 0.25) is 5.91 Å². The number of carbonyl (C=O) groups excluding carboxylic acids is 1. The third-order valence-corrected chi connectivity index (χ3v) is 4.15. The van der Waals surface area contributed by atoms with Crippen LogP contribution in [0.4, 0.5) is 13.2 Å². The number of thiophene rings is 1. The third-order valence-electron chi connectivity index (χ3n) is 3.47. The van der Waals surface area contributed by atoms with Crippen molar-refractivity contribution in [2.24, 2.45) is 0 Å². The number of carbonyl (C=O) groups is 1. The van der Waals surface area contributed by atoms with E-state index in [0.717, 1.165) is 5.56 Å². The molecule has 22 heavy (non-hydrogen) atoms. The Balaban J connectivity index is 1.64. The molecule has 118 valence electrons. The summed E-state index contributed by atoms with van der Waals surface area (Å²) in [6.45, 7) is 0.472. The lowest BCUT2D eigenvalue weighted by molar-refractivity contribution is -0.160. The Morgan fingerprint density at radius 2 is 2.32 bits per heavy atom. The van der Waals surface area contributed by atoms with Gasteiger partial charge in [0.05, 0.1) is 5.56 Å². The fourth-order valence-corrected chi connectivity index (χ4v) is 3.01. The van der Waals surface area contributed by atoms with Crippen molar-refractivity contribution in [1.29, 1.82) is 0 Å². The largest absolute Gasteiger partial charge is 0.397 e. The van der Waals surface area contributed by atoms with Crippen LogP contribution >= 0.6 is 11.3 Å². The van der Waals surface area contributed by atoms with E-state index in [2.05, 4.69) is 10.1 Å². The molecule has 0 radical (unpaired) electrons. The van der Waals surface area contributed by atoms with Crippen LogP contribution in [0.25, 0.3) is 11.5 Å². The quantitative estimate of drug-likeness (QED) is 0.867. The number of alkyl halides is 3. The maximum atomic E-state index is 12.3. The van der Waals surface area contributed by atoms with E-state index in [0.29, 0.717) is 18.1 Å². The van der Waals surface area contributed by atoms with Gasteiger partial charge in [-0.25, -0.2) is 0 Å². The molecule has 2 aromatic heterocycles. The van der Waals surface area contributed by atoms with Crippen LogP contribution in [0.1, 0.15) is 24.6 Å². The molecule has 1 atom stereocenters. The minimum Gasteiger partial charge on any atom is -0.342 e. The number of hydrogen-bond donors (Lipinski definition) is 0. The molecule has 1 unspecified atom stereocenters. The lowest BCUT2D eigenvalue weighted by Crippen LogP contribution is -2.32. The second-order valence-electron chi connectivity index (χ2n) is 5.09. The number of halogens is 3. The smallest absolute Gasteiger partial charge is 0.342 e. The summed E-state index contributed by atoms with van der Waals surface area (Å²) in [6, 6.07) is 1.84. The fourth-order valence-electron chi connectivity index (χ4n) is 2.38. The summed E-state index contributed by atoms with van der Waals surface area (Å²) < 4.78 is 41.9. The van der Waals surface area contributed by atoms with Crippen molar-refractivity contribution >= 4 is 17.2 Å². The zero-order valence-corrected chi connectivity index (χ0v) is 12.2. The van der Waals surface area contributed by atoms with Crippen molar-refractivity contribution in [3.63, 3.8) is 0 Å². The number of hydrogen-bond acceptors (Lipinski definition) is 5. The molecule has 1 amide bonds. The van der Waals surface area contributed by atoms with Gasteiger partial charge >= 0.3 is 6.18 Å². The second-order valence-corrected chi connectivity index (χ2v) is 5.87. The number of aromatic nitrogens is 2. The Hall–Kier alpha value is -1.90. The van der Waals surface area contributed by atoms with Crippen LogP contribution in [0.2, 0.25) is 0 Å². The average molecular weight is 331 g/mol. The van der Waals surface area contributed by atoms with Gasteiger partial charge < -0.3 is 9.42 Å². The number of likely N-dealkylation sites (tertiary alicyclic amines) is 1. The molecule has 0 saturated carbocycles. The highest BCUT2D eigenvalue weighted by molar-refractivity contribution is 7.08. The van der Waals surface area contributed by atoms with Crippen LogP contribution in [0.3, 0.4) is 0 Å². The zero-order valence-electron chi connectivity index (χ0n) is 11.3. The van der Waals surface area contributed by atoms with Crippen LogP contribution in [-0.2, 0) is 4.79 Å². The minimum absolute atomic E-state index is 0.187. The standard InChI is InChI=1S/C13H12F3N3O2S/c14-13(15,16)5-10(20)19-3-1-8(6-19)11-17-12(21-18-11)9-2-4-22-7-9/h2,4,7-8H,1,3,5-6H2. The van der Waals surface area contributed by atoms with Gasteiger partial charge in [-0.3, -0.25) is 4.79 Å². The molecule has 0 aromatic carbocycles. The predicted octanol–water partition coefficient (Wildman–Crippen LogP) is 3.07. The number of amides is 1. The Kier molecular flexibility index (Phi) is 3.90. The monoisotopic (exact) mass is 331 g/mol. The maximum absolute atomic E-state index is 12.3. The molecular weight excluding hydrogens is 319 g/mol. The van der Waals surface area contributed by atoms with E-state index < -0.39 is 18.5 Å². The first-order valence-corrected chi connectivity index (χ1v) is 7.57. The van der Waals surface area contributed by atoms with Crippen molar-refractivity contribution in [3.8, 4) is 11.5 Å². The number of rotatable bonds is 3. The van der Waals surface area contributed by atoms with Gasteiger partial charge in [-0.15, -0.1) is 0 Å². The van der Waals surface area contributed by atoms with Gasteiger partial charge in [0, 0.05) is 24.4 Å². The molecule has 1 fully saturated rings. The summed E-state index contributed by atoms with van der Waals surface area (Å²) in [5, 5.41) is 7.63. The fraction of sp³-hybridized carbons (Fsp3) is 0.462. The summed E-state index contributed by atoms with van der Waals surface area (Å²) in [5.74, 6) is -0.273. The van der Waals surface area contributed by atoms with E-state index in [1.54, 1.807) is 0 Å². The van der Waals surface area contributed by atoms with Gasteiger partial charge in [0.1, 0.15) is 6.42 Å². The Labute approximate surface area is 127 Å². The Bertz CT molecular complexity index is 654. The zero-order chi connectivity index (χ0) is 15.7. The molecule has 1 saturated heterocycles. The molecule has 3 heterocycles. The molecule has 2 aromatic rings. The van der Waals surface area contributed by atoms with Gasteiger partial charge in [0.25, 0.3) is 5.89 Å². The first-order chi connectivity index (χ1) is 10.4. The highest BCUT2D eigenvalue weighted by atomic mass is 32.1. The van der Waals surface area contributed by atoms with Crippen LogP contribution in [0.5, 0.6) is 0 Å². The van der Waals surface area contributed by atoms with Crippen LogP contribution < -0.4 is 0 Å². The van der Waals surface area contributed by atoms with Gasteiger partial charge in [-0.05, 0) is 17.9 Å². The van der Waals surface area contributed by atoms with E-state index in [4.69, 9.17) is 4.52 Å². The molecule has 0 bridgehead atoms. The second kappa shape index (κ2) is 5.71. The van der Waals surface area contributed by atoms with Crippen LogP contribution in [0, 0.1) is 0 Å². The SMILES string of the molecule is O=C(CC(F)(F)F)N1CCC(c2noc(-c3ccsc3)n2)C1. The molecule has 9 heteroatoms. The van der Waals surface area contributed by atoms with E-state index >= 15 is 0 Å². The highest BCUT2D eigenvalue weighted by Gasteiger charge is 2.37. The summed E-state index contributed by atoms with van der Waals surface area (Å²) >= 11 is 1.50. The van der Waals surface area contributed by atoms with Gasteiger partial charge in [0.15, 0.2) is 5.82 Å². The Morgan fingerprint density at radius 1 is 1.50 bits per heavy atom. The average Bonchev–Trinajstić information content (AvgIpc) is 3.18. The van der Waals surface area contributed by atoms with Crippen molar-refractivity contribution in [2.45, 2.75) is 24.9 Å². The van der Waals surface area contributed by atoms with Crippen LogP contribution in [-0.4, -0.2) is 40.2 Å². The minimum atomic E-state index is -4.48. The van der Waals surface area contributed by atoms with E-state index in [1.165, 1.54) is 16.2 Å². The third kappa shape index (κ3) is 3.29. The van der Waals surface area contributed by atoms with Crippen molar-refractivity contribution in [3.05, 3.63) is 22.7 Å². The molecule has 0 aliphatic carbocycles. The lowest BCUT2D eigenvalue weighted by Gasteiger charge is -2.16. The van der Waals surface area contributed by atoms with Gasteiger partial charge in [-0.1, -0.05) is 5.16 Å². The number of nitrogens with zero attached hydrogens (tertiary/aromatic N) is 3. The molecule has 1 aliphatic rings. The van der Waals surface area contributed by atoms with E-state index in [1.807, 2.05) is 16.8 Å². The summed E-state index contributed by atoms with van der Waals surface area (Å²) in [7, 11) is 0. The summed E-state index contributed by atoms with van der Waals surface area (Å²) in [5.41, 5.74) is 0.812. The molecule has 3 rings (SSSR count). The topological polar surface area (TPSA) is 59.2 Å².